The van der Waals surface area contributed by atoms with Crippen molar-refractivity contribution in [3.8, 4) is 0 Å². The van der Waals surface area contributed by atoms with Crippen molar-refractivity contribution in [1.29, 1.82) is 0 Å². The van der Waals surface area contributed by atoms with E-state index in [1.165, 1.54) is 5.56 Å². The molecule has 0 spiro atoms. The Morgan fingerprint density at radius 3 is 2.69 bits per heavy atom. The van der Waals surface area contributed by atoms with Gasteiger partial charge >= 0.3 is 0 Å². The van der Waals surface area contributed by atoms with Crippen LogP contribution in [0.25, 0.3) is 0 Å². The molecule has 1 atom stereocenters. The Morgan fingerprint density at radius 2 is 2.00 bits per heavy atom. The summed E-state index contributed by atoms with van der Waals surface area (Å²) in [5.74, 6) is 0.132. The van der Waals surface area contributed by atoms with E-state index in [2.05, 4.69) is 52.5 Å². The van der Waals surface area contributed by atoms with Crippen LogP contribution in [0.15, 0.2) is 30.3 Å². The lowest BCUT2D eigenvalue weighted by Gasteiger charge is -2.37. The zero-order valence-electron chi connectivity index (χ0n) is 16.0. The van der Waals surface area contributed by atoms with Gasteiger partial charge in [-0.2, -0.15) is 0 Å². The van der Waals surface area contributed by atoms with E-state index >= 15 is 0 Å². The van der Waals surface area contributed by atoms with Crippen LogP contribution < -0.4 is 5.32 Å². The van der Waals surface area contributed by atoms with Gasteiger partial charge in [-0.15, -0.1) is 0 Å². The first kappa shape index (κ1) is 19.3. The first-order valence-corrected chi connectivity index (χ1v) is 10.1. The number of hydrogen-bond acceptors (Lipinski definition) is 4. The predicted octanol–water partition coefficient (Wildman–Crippen LogP) is 1.92. The molecule has 2 fully saturated rings. The van der Waals surface area contributed by atoms with Gasteiger partial charge in [0.05, 0.1) is 12.6 Å². The van der Waals surface area contributed by atoms with Gasteiger partial charge < -0.3 is 15.0 Å². The third kappa shape index (κ3) is 6.08. The number of piperidine rings is 1. The van der Waals surface area contributed by atoms with Crippen LogP contribution in [-0.2, 0) is 16.0 Å². The lowest BCUT2D eigenvalue weighted by molar-refractivity contribution is -0.123. The summed E-state index contributed by atoms with van der Waals surface area (Å²) < 4.78 is 5.61. The number of ether oxygens (including phenoxy) is 1. The number of nitrogens with one attached hydrogen (secondary N) is 1. The van der Waals surface area contributed by atoms with Crippen LogP contribution in [0.4, 0.5) is 0 Å². The normalized spacial score (nSPS) is 22.0. The molecule has 1 N–H and O–H groups in total. The molecule has 2 aliphatic rings. The molecule has 0 aliphatic carbocycles. The molecular formula is C21H33N3O2. The third-order valence-electron chi connectivity index (χ3n) is 5.63. The lowest BCUT2D eigenvalue weighted by atomic mass is 10.0. The van der Waals surface area contributed by atoms with Crippen LogP contribution in [0.3, 0.4) is 0 Å². The van der Waals surface area contributed by atoms with E-state index < -0.39 is 0 Å². The van der Waals surface area contributed by atoms with E-state index in [1.54, 1.807) is 0 Å². The number of amides is 1. The van der Waals surface area contributed by atoms with Crippen molar-refractivity contribution in [3.63, 3.8) is 0 Å². The molecule has 26 heavy (non-hydrogen) atoms. The van der Waals surface area contributed by atoms with Crippen LogP contribution in [0, 0.1) is 0 Å². The zero-order chi connectivity index (χ0) is 18.2. The minimum Gasteiger partial charge on any atom is -0.376 e. The maximum Gasteiger partial charge on any atom is 0.234 e. The molecule has 2 aliphatic heterocycles. The summed E-state index contributed by atoms with van der Waals surface area (Å²) in [5, 5.41) is 3.09. The molecule has 5 nitrogen and oxygen atoms in total. The summed E-state index contributed by atoms with van der Waals surface area (Å²) in [7, 11) is 2.18. The van der Waals surface area contributed by atoms with Crippen molar-refractivity contribution in [3.05, 3.63) is 35.9 Å². The summed E-state index contributed by atoms with van der Waals surface area (Å²) in [6.07, 6.45) is 5.66. The van der Waals surface area contributed by atoms with E-state index in [0.717, 1.165) is 58.3 Å². The fraction of sp³-hybridized carbons (Fsp3) is 0.667. The lowest BCUT2D eigenvalue weighted by Crippen LogP contribution is -2.49. The largest absolute Gasteiger partial charge is 0.376 e. The SMILES string of the molecule is CN1CCC(N(CCc2ccccc2)CC(=O)NC[C@H]2CCCO2)CC1. The Hall–Kier alpha value is -1.43. The summed E-state index contributed by atoms with van der Waals surface area (Å²) >= 11 is 0. The number of benzene rings is 1. The first-order valence-electron chi connectivity index (χ1n) is 10.1. The maximum atomic E-state index is 12.5. The highest BCUT2D eigenvalue weighted by molar-refractivity contribution is 5.78. The van der Waals surface area contributed by atoms with Crippen LogP contribution in [0.2, 0.25) is 0 Å². The quantitative estimate of drug-likeness (QED) is 0.770. The first-order chi connectivity index (χ1) is 12.7. The number of nitrogens with zero attached hydrogens (tertiary/aromatic N) is 2. The number of rotatable bonds is 8. The van der Waals surface area contributed by atoms with Crippen molar-refractivity contribution in [2.75, 3.05) is 46.4 Å². The van der Waals surface area contributed by atoms with Crippen molar-refractivity contribution in [1.82, 2.24) is 15.1 Å². The van der Waals surface area contributed by atoms with Crippen LogP contribution in [-0.4, -0.2) is 74.2 Å². The number of carbonyl (C=O) groups is 1. The van der Waals surface area contributed by atoms with Gasteiger partial charge in [-0.25, -0.2) is 0 Å². The second-order valence-corrected chi connectivity index (χ2v) is 7.68. The van der Waals surface area contributed by atoms with E-state index in [4.69, 9.17) is 4.74 Å². The van der Waals surface area contributed by atoms with Crippen molar-refractivity contribution in [2.24, 2.45) is 0 Å². The molecule has 2 heterocycles. The fourth-order valence-electron chi connectivity index (χ4n) is 3.94. The molecule has 2 saturated heterocycles. The number of hydrogen-bond donors (Lipinski definition) is 1. The molecular weight excluding hydrogens is 326 g/mol. The molecule has 1 aromatic rings. The Balaban J connectivity index is 1.51. The van der Waals surface area contributed by atoms with Gasteiger partial charge in [-0.3, -0.25) is 9.69 Å². The average Bonchev–Trinajstić information content (AvgIpc) is 3.19. The Bertz CT molecular complexity index is 537. The van der Waals surface area contributed by atoms with Gasteiger partial charge in [0, 0.05) is 25.7 Å². The number of likely N-dealkylation sites (tertiary alicyclic amines) is 1. The smallest absolute Gasteiger partial charge is 0.234 e. The Morgan fingerprint density at radius 1 is 1.23 bits per heavy atom. The van der Waals surface area contributed by atoms with Crippen LogP contribution >= 0.6 is 0 Å². The molecule has 0 aromatic heterocycles. The fourth-order valence-corrected chi connectivity index (χ4v) is 3.94. The average molecular weight is 360 g/mol. The van der Waals surface area contributed by atoms with Gasteiger partial charge in [0.2, 0.25) is 5.91 Å². The van der Waals surface area contributed by atoms with E-state index in [1.807, 2.05) is 0 Å². The minimum absolute atomic E-state index is 0.132. The van der Waals surface area contributed by atoms with Gasteiger partial charge in [0.15, 0.2) is 0 Å². The third-order valence-corrected chi connectivity index (χ3v) is 5.63. The molecule has 5 heteroatoms. The predicted molar refractivity (Wildman–Crippen MR) is 104 cm³/mol. The number of carbonyl (C=O) groups excluding carboxylic acids is 1. The summed E-state index contributed by atoms with van der Waals surface area (Å²) in [6.45, 7) is 5.14. The summed E-state index contributed by atoms with van der Waals surface area (Å²) in [6, 6.07) is 11.1. The molecule has 0 radical (unpaired) electrons. The summed E-state index contributed by atoms with van der Waals surface area (Å²) in [5.41, 5.74) is 1.34. The van der Waals surface area contributed by atoms with Gasteiger partial charge in [-0.05, 0) is 57.8 Å². The monoisotopic (exact) mass is 359 g/mol. The van der Waals surface area contributed by atoms with E-state index in [9.17, 15) is 4.79 Å². The zero-order valence-corrected chi connectivity index (χ0v) is 16.0. The highest BCUT2D eigenvalue weighted by atomic mass is 16.5. The van der Waals surface area contributed by atoms with Crippen molar-refractivity contribution >= 4 is 5.91 Å². The highest BCUT2D eigenvalue weighted by Crippen LogP contribution is 2.16. The van der Waals surface area contributed by atoms with Gasteiger partial charge in [0.25, 0.3) is 0 Å². The van der Waals surface area contributed by atoms with E-state index in [0.29, 0.717) is 19.1 Å². The molecule has 3 rings (SSSR count). The summed E-state index contributed by atoms with van der Waals surface area (Å²) in [4.78, 5) is 17.3. The van der Waals surface area contributed by atoms with Gasteiger partial charge in [0.1, 0.15) is 0 Å². The maximum absolute atomic E-state index is 12.5. The van der Waals surface area contributed by atoms with Crippen molar-refractivity contribution in [2.45, 2.75) is 44.2 Å². The van der Waals surface area contributed by atoms with E-state index in [-0.39, 0.29) is 12.0 Å². The molecule has 0 bridgehead atoms. The Labute approximate surface area is 157 Å². The topological polar surface area (TPSA) is 44.8 Å². The molecule has 0 saturated carbocycles. The molecule has 1 amide bonds. The van der Waals surface area contributed by atoms with Gasteiger partial charge in [-0.1, -0.05) is 30.3 Å². The second-order valence-electron chi connectivity index (χ2n) is 7.68. The molecule has 1 aromatic carbocycles. The van der Waals surface area contributed by atoms with Crippen LogP contribution in [0.5, 0.6) is 0 Å². The van der Waals surface area contributed by atoms with Crippen LogP contribution in [0.1, 0.15) is 31.2 Å². The molecule has 144 valence electrons. The standard InChI is InChI=1S/C21H33N3O2/c1-23-12-10-19(11-13-23)24(14-9-18-6-3-2-4-7-18)17-21(25)22-16-20-8-5-15-26-20/h2-4,6-7,19-20H,5,8-17H2,1H3,(H,22,25)/t20-/m1/s1. The minimum atomic E-state index is 0.132. The molecule has 0 unspecified atom stereocenters. The highest BCUT2D eigenvalue weighted by Gasteiger charge is 2.25. The van der Waals surface area contributed by atoms with Crippen molar-refractivity contribution < 1.29 is 9.53 Å². The second kappa shape index (κ2) is 10.0. The Kier molecular flexibility index (Phi) is 7.47.